The quantitative estimate of drug-likeness (QED) is 0.767. The zero-order valence-corrected chi connectivity index (χ0v) is 14.4. The van der Waals surface area contributed by atoms with Crippen molar-refractivity contribution in [2.45, 2.75) is 19.6 Å². The molecule has 1 aliphatic heterocycles. The first-order chi connectivity index (χ1) is 12.5. The molecule has 3 rings (SSSR count). The third-order valence-electron chi connectivity index (χ3n) is 4.06. The van der Waals surface area contributed by atoms with Crippen LogP contribution < -0.4 is 20.3 Å². The zero-order valence-electron chi connectivity index (χ0n) is 14.4. The number of ether oxygens (including phenoxy) is 1. The van der Waals surface area contributed by atoms with Gasteiger partial charge in [0.1, 0.15) is 11.9 Å². The van der Waals surface area contributed by atoms with E-state index in [1.54, 1.807) is 18.2 Å². The summed E-state index contributed by atoms with van der Waals surface area (Å²) in [7, 11) is 0. The Labute approximate surface area is 151 Å². The largest absolute Gasteiger partial charge is 0.485 e. The Morgan fingerprint density at radius 3 is 2.69 bits per heavy atom. The van der Waals surface area contributed by atoms with Gasteiger partial charge in [-0.25, -0.2) is 4.79 Å². The van der Waals surface area contributed by atoms with Crippen molar-refractivity contribution in [3.05, 3.63) is 54.1 Å². The van der Waals surface area contributed by atoms with E-state index in [0.29, 0.717) is 31.1 Å². The maximum atomic E-state index is 11.2. The van der Waals surface area contributed by atoms with Crippen LogP contribution in [0.25, 0.3) is 0 Å². The van der Waals surface area contributed by atoms with Crippen molar-refractivity contribution in [3.8, 4) is 5.75 Å². The number of amides is 2. The molecule has 1 atom stereocenters. The molecular weight excluding hydrogens is 334 g/mol. The topological polar surface area (TPSA) is 90.9 Å². The first-order valence-corrected chi connectivity index (χ1v) is 8.35. The molecule has 2 amide bonds. The minimum atomic E-state index is -1.11. The number of carboxylic acid groups (broad SMARTS) is 1. The lowest BCUT2D eigenvalue weighted by Crippen LogP contribution is -2.45. The lowest BCUT2D eigenvalue weighted by Gasteiger charge is -2.36. The van der Waals surface area contributed by atoms with Gasteiger partial charge >= 0.3 is 6.09 Å². The molecule has 1 unspecified atom stereocenters. The molecule has 1 heterocycles. The van der Waals surface area contributed by atoms with Gasteiger partial charge in [0.05, 0.1) is 18.8 Å². The number of nitrogens with one attached hydrogen (secondary N) is 2. The molecule has 0 fully saturated rings. The lowest BCUT2D eigenvalue weighted by atomic mass is 10.1. The summed E-state index contributed by atoms with van der Waals surface area (Å²) < 4.78 is 5.98. The van der Waals surface area contributed by atoms with Crippen LogP contribution in [-0.2, 0) is 11.3 Å². The standard InChI is InChI=1S/C19H21N3O4/c1-13(23)20-10-16-12-22(11-14-5-3-2-4-6-14)17-9-15(21-19(24)25)7-8-18(17)26-16/h2-9,16,21H,10-12H2,1H3,(H,20,23)(H,24,25). The smallest absolute Gasteiger partial charge is 0.409 e. The summed E-state index contributed by atoms with van der Waals surface area (Å²) in [6, 6.07) is 15.2. The number of anilines is 2. The van der Waals surface area contributed by atoms with Crippen LogP contribution in [0.2, 0.25) is 0 Å². The fourth-order valence-corrected chi connectivity index (χ4v) is 2.94. The molecule has 0 aromatic heterocycles. The van der Waals surface area contributed by atoms with Gasteiger partial charge < -0.3 is 20.1 Å². The van der Waals surface area contributed by atoms with E-state index in [9.17, 15) is 9.59 Å². The molecule has 0 aliphatic carbocycles. The number of fused-ring (bicyclic) bond motifs is 1. The number of nitrogens with zero attached hydrogens (tertiary/aromatic N) is 1. The molecule has 0 saturated heterocycles. The molecule has 0 bridgehead atoms. The molecule has 0 spiro atoms. The maximum Gasteiger partial charge on any atom is 0.409 e. The predicted molar refractivity (Wildman–Crippen MR) is 98.7 cm³/mol. The van der Waals surface area contributed by atoms with Crippen LogP contribution in [0.3, 0.4) is 0 Å². The zero-order chi connectivity index (χ0) is 18.5. The molecular formula is C19H21N3O4. The fraction of sp³-hybridized carbons (Fsp3) is 0.263. The second-order valence-electron chi connectivity index (χ2n) is 6.16. The number of hydrogen-bond acceptors (Lipinski definition) is 4. The molecule has 2 aromatic rings. The van der Waals surface area contributed by atoms with Crippen molar-refractivity contribution in [1.29, 1.82) is 0 Å². The van der Waals surface area contributed by atoms with Crippen LogP contribution in [0.4, 0.5) is 16.2 Å². The van der Waals surface area contributed by atoms with Crippen molar-refractivity contribution in [1.82, 2.24) is 5.32 Å². The van der Waals surface area contributed by atoms with Gasteiger partial charge in [-0.1, -0.05) is 30.3 Å². The summed E-state index contributed by atoms with van der Waals surface area (Å²) >= 11 is 0. The third kappa shape index (κ3) is 4.44. The summed E-state index contributed by atoms with van der Waals surface area (Å²) in [5, 5.41) is 14.1. The third-order valence-corrected chi connectivity index (χ3v) is 4.06. The van der Waals surface area contributed by atoms with Gasteiger partial charge in [0, 0.05) is 19.2 Å². The van der Waals surface area contributed by atoms with Crippen molar-refractivity contribution in [3.63, 3.8) is 0 Å². The van der Waals surface area contributed by atoms with Gasteiger partial charge in [-0.05, 0) is 23.8 Å². The van der Waals surface area contributed by atoms with E-state index < -0.39 is 6.09 Å². The average molecular weight is 355 g/mol. The molecule has 3 N–H and O–H groups in total. The highest BCUT2D eigenvalue weighted by molar-refractivity contribution is 5.84. The van der Waals surface area contributed by atoms with Crippen LogP contribution in [0.5, 0.6) is 5.75 Å². The minimum absolute atomic E-state index is 0.102. The van der Waals surface area contributed by atoms with Crippen molar-refractivity contribution in [2.75, 3.05) is 23.3 Å². The summed E-state index contributed by atoms with van der Waals surface area (Å²) in [4.78, 5) is 24.3. The Bertz CT molecular complexity index is 795. The molecule has 2 aromatic carbocycles. The Morgan fingerprint density at radius 1 is 1.23 bits per heavy atom. The predicted octanol–water partition coefficient (Wildman–Crippen LogP) is 2.68. The number of carbonyl (C=O) groups is 2. The monoisotopic (exact) mass is 355 g/mol. The highest BCUT2D eigenvalue weighted by atomic mass is 16.5. The summed E-state index contributed by atoms with van der Waals surface area (Å²) in [5.74, 6) is 0.563. The number of rotatable bonds is 5. The summed E-state index contributed by atoms with van der Waals surface area (Å²) in [6.45, 7) is 3.13. The molecule has 136 valence electrons. The Hall–Kier alpha value is -3.22. The number of carbonyl (C=O) groups excluding carboxylic acids is 1. The first-order valence-electron chi connectivity index (χ1n) is 8.35. The first kappa shape index (κ1) is 17.6. The van der Waals surface area contributed by atoms with Crippen LogP contribution in [-0.4, -0.2) is 36.3 Å². The maximum absolute atomic E-state index is 11.2. The number of benzene rings is 2. The van der Waals surface area contributed by atoms with Gasteiger partial charge in [-0.3, -0.25) is 10.1 Å². The highest BCUT2D eigenvalue weighted by Crippen LogP contribution is 2.36. The van der Waals surface area contributed by atoms with Crippen molar-refractivity contribution in [2.24, 2.45) is 0 Å². The molecule has 7 heteroatoms. The molecule has 26 heavy (non-hydrogen) atoms. The number of hydrogen-bond donors (Lipinski definition) is 3. The molecule has 0 saturated carbocycles. The summed E-state index contributed by atoms with van der Waals surface area (Å²) in [6.07, 6.45) is -1.30. The van der Waals surface area contributed by atoms with E-state index in [1.165, 1.54) is 6.92 Å². The van der Waals surface area contributed by atoms with Gasteiger partial charge in [-0.2, -0.15) is 0 Å². The Balaban J connectivity index is 1.86. The van der Waals surface area contributed by atoms with E-state index in [0.717, 1.165) is 11.3 Å². The highest BCUT2D eigenvalue weighted by Gasteiger charge is 2.26. The second-order valence-corrected chi connectivity index (χ2v) is 6.16. The summed E-state index contributed by atoms with van der Waals surface area (Å²) in [5.41, 5.74) is 2.44. The molecule has 1 aliphatic rings. The van der Waals surface area contributed by atoms with Crippen LogP contribution in [0, 0.1) is 0 Å². The lowest BCUT2D eigenvalue weighted by molar-refractivity contribution is -0.119. The Morgan fingerprint density at radius 2 is 2.00 bits per heavy atom. The van der Waals surface area contributed by atoms with Gasteiger partial charge in [0.15, 0.2) is 0 Å². The molecule has 0 radical (unpaired) electrons. The Kier molecular flexibility index (Phi) is 5.26. The molecule has 7 nitrogen and oxygen atoms in total. The van der Waals surface area contributed by atoms with E-state index >= 15 is 0 Å². The van der Waals surface area contributed by atoms with Crippen LogP contribution >= 0.6 is 0 Å². The van der Waals surface area contributed by atoms with Gasteiger partial charge in [0.25, 0.3) is 0 Å². The second kappa shape index (κ2) is 7.77. The van der Waals surface area contributed by atoms with Gasteiger partial charge in [0.2, 0.25) is 5.91 Å². The van der Waals surface area contributed by atoms with Crippen molar-refractivity contribution < 1.29 is 19.4 Å². The SMILES string of the molecule is CC(=O)NCC1CN(Cc2ccccc2)c2cc(NC(=O)O)ccc2O1. The van der Waals surface area contributed by atoms with E-state index in [1.807, 2.05) is 30.3 Å². The van der Waals surface area contributed by atoms with E-state index in [2.05, 4.69) is 15.5 Å². The van der Waals surface area contributed by atoms with Crippen LogP contribution in [0.1, 0.15) is 12.5 Å². The van der Waals surface area contributed by atoms with E-state index in [4.69, 9.17) is 9.84 Å². The minimum Gasteiger partial charge on any atom is -0.485 e. The normalized spacial score (nSPS) is 15.6. The van der Waals surface area contributed by atoms with E-state index in [-0.39, 0.29) is 12.0 Å². The average Bonchev–Trinajstić information content (AvgIpc) is 2.61. The van der Waals surface area contributed by atoms with Gasteiger partial charge in [-0.15, -0.1) is 0 Å². The van der Waals surface area contributed by atoms with Crippen molar-refractivity contribution >= 4 is 23.4 Å². The van der Waals surface area contributed by atoms with Crippen LogP contribution in [0.15, 0.2) is 48.5 Å². The fourth-order valence-electron chi connectivity index (χ4n) is 2.94.